The van der Waals surface area contributed by atoms with Crippen LogP contribution in [0, 0.1) is 5.92 Å². The Hall–Kier alpha value is -2.81. The van der Waals surface area contributed by atoms with Crippen LogP contribution in [-0.4, -0.2) is 49.0 Å². The van der Waals surface area contributed by atoms with Crippen LogP contribution in [0.1, 0.15) is 11.1 Å². The molecule has 1 saturated heterocycles. The van der Waals surface area contributed by atoms with Gasteiger partial charge in [0.25, 0.3) is 5.91 Å². The smallest absolute Gasteiger partial charge is 0.257 e. The summed E-state index contributed by atoms with van der Waals surface area (Å²) in [5.74, 6) is 0.0945. The quantitative estimate of drug-likeness (QED) is 0.569. The van der Waals surface area contributed by atoms with Gasteiger partial charge in [0.2, 0.25) is 5.91 Å². The monoisotopic (exact) mass is 452 g/mol. The molecule has 3 N–H and O–H groups in total. The Kier molecular flexibility index (Phi) is 7.14. The van der Waals surface area contributed by atoms with Crippen molar-refractivity contribution in [1.29, 1.82) is 0 Å². The van der Waals surface area contributed by atoms with E-state index >= 15 is 0 Å². The zero-order valence-electron chi connectivity index (χ0n) is 18.2. The van der Waals surface area contributed by atoms with E-state index in [0.717, 1.165) is 23.4 Å². The van der Waals surface area contributed by atoms with Gasteiger partial charge < -0.3 is 15.4 Å². The fourth-order valence-corrected chi connectivity index (χ4v) is 5.21. The van der Waals surface area contributed by atoms with Crippen molar-refractivity contribution in [2.45, 2.75) is 24.6 Å². The van der Waals surface area contributed by atoms with Crippen LogP contribution >= 0.6 is 11.8 Å². The molecule has 0 radical (unpaired) electrons. The van der Waals surface area contributed by atoms with Crippen molar-refractivity contribution < 1.29 is 14.3 Å². The van der Waals surface area contributed by atoms with Crippen LogP contribution in [0.3, 0.4) is 0 Å². The van der Waals surface area contributed by atoms with Crippen LogP contribution in [-0.2, 0) is 22.7 Å². The van der Waals surface area contributed by atoms with E-state index in [9.17, 15) is 9.59 Å². The molecule has 32 heavy (non-hydrogen) atoms. The number of hydrogen-bond acceptors (Lipinski definition) is 6. The van der Waals surface area contributed by atoms with Crippen LogP contribution in [0.2, 0.25) is 0 Å². The van der Waals surface area contributed by atoms with Crippen LogP contribution in [0.25, 0.3) is 0 Å². The van der Waals surface area contributed by atoms with Gasteiger partial charge in [0.05, 0.1) is 18.4 Å². The highest BCUT2D eigenvalue weighted by Gasteiger charge is 2.43. The van der Waals surface area contributed by atoms with Crippen molar-refractivity contribution in [1.82, 2.24) is 20.9 Å². The second kappa shape index (κ2) is 10.2. The Labute approximate surface area is 192 Å². The van der Waals surface area contributed by atoms with Crippen LogP contribution in [0.15, 0.2) is 65.6 Å². The van der Waals surface area contributed by atoms with Gasteiger partial charge in [-0.05, 0) is 41.3 Å². The van der Waals surface area contributed by atoms with E-state index in [-0.39, 0.29) is 23.1 Å². The first-order valence-electron chi connectivity index (χ1n) is 10.6. The summed E-state index contributed by atoms with van der Waals surface area (Å²) in [4.78, 5) is 27.7. The third-order valence-corrected chi connectivity index (χ3v) is 6.72. The molecule has 7 nitrogen and oxygen atoms in total. The molecular formula is C24H28N4O3S. The maximum absolute atomic E-state index is 12.9. The fourth-order valence-electron chi connectivity index (χ4n) is 4.00. The molecule has 3 unspecified atom stereocenters. The van der Waals surface area contributed by atoms with Gasteiger partial charge in [-0.2, -0.15) is 0 Å². The summed E-state index contributed by atoms with van der Waals surface area (Å²) in [6.07, 6.45) is -0.753. The topological polar surface area (TPSA) is 82.7 Å². The highest BCUT2D eigenvalue weighted by molar-refractivity contribution is 8.03. The number of carbonyl (C=O) groups excluding carboxylic acids is 2. The molecule has 0 aliphatic carbocycles. The summed E-state index contributed by atoms with van der Waals surface area (Å²) in [6.45, 7) is 1.87. The van der Waals surface area contributed by atoms with E-state index in [0.29, 0.717) is 13.1 Å². The number of amides is 2. The first kappa shape index (κ1) is 22.4. The van der Waals surface area contributed by atoms with Crippen molar-refractivity contribution in [2.75, 3.05) is 20.7 Å². The lowest BCUT2D eigenvalue weighted by molar-refractivity contribution is -0.134. The van der Waals surface area contributed by atoms with Gasteiger partial charge in [-0.1, -0.05) is 42.5 Å². The third-order valence-electron chi connectivity index (χ3n) is 5.58. The Morgan fingerprint density at radius 3 is 2.69 bits per heavy atom. The van der Waals surface area contributed by atoms with E-state index in [2.05, 4.69) is 45.4 Å². The van der Waals surface area contributed by atoms with Gasteiger partial charge in [0.1, 0.15) is 5.75 Å². The molecule has 2 aliphatic rings. The minimum Gasteiger partial charge on any atom is -0.497 e. The van der Waals surface area contributed by atoms with Gasteiger partial charge in [0, 0.05) is 19.6 Å². The van der Waals surface area contributed by atoms with Crippen molar-refractivity contribution in [3.8, 4) is 5.75 Å². The molecule has 1 fully saturated rings. The van der Waals surface area contributed by atoms with Crippen molar-refractivity contribution >= 4 is 23.6 Å². The number of hydrogen-bond donors (Lipinski definition) is 3. The number of carbonyl (C=O) groups is 2. The standard InChI is InChI=1S/C24H28N4O3S/c1-28(13-16-7-4-3-5-8-16)14-18-15-32-24-20(18)22(29)26-21(27-24)23(30)25-12-17-9-6-10-19(11-17)31-2/h3-11,15,20-21,24,27H,12-14H2,1-2H3,(H,25,30)(H,26,29). The molecular weight excluding hydrogens is 424 g/mol. The molecule has 0 bridgehead atoms. The lowest BCUT2D eigenvalue weighted by Gasteiger charge is -2.34. The molecule has 0 spiro atoms. The van der Waals surface area contributed by atoms with Gasteiger partial charge in [0.15, 0.2) is 6.17 Å². The highest BCUT2D eigenvalue weighted by Crippen LogP contribution is 2.36. The molecule has 8 heteroatoms. The van der Waals surface area contributed by atoms with E-state index in [1.807, 2.05) is 42.5 Å². The molecule has 0 saturated carbocycles. The number of ether oxygens (including phenoxy) is 1. The molecule has 2 heterocycles. The molecule has 2 aromatic rings. The number of methoxy groups -OCH3 is 1. The normalized spacial score (nSPS) is 22.2. The first-order valence-corrected chi connectivity index (χ1v) is 11.5. The Bertz CT molecular complexity index is 998. The molecule has 2 amide bonds. The number of nitrogens with one attached hydrogen (secondary N) is 3. The number of nitrogens with zero attached hydrogens (tertiary/aromatic N) is 1. The predicted molar refractivity (Wildman–Crippen MR) is 126 cm³/mol. The lowest BCUT2D eigenvalue weighted by Crippen LogP contribution is -2.64. The van der Waals surface area contributed by atoms with E-state index in [1.165, 1.54) is 5.56 Å². The SMILES string of the molecule is COc1cccc(CNC(=O)C2NC(=O)C3C(CN(C)Cc4ccccc4)=CSC3N2)c1. The van der Waals surface area contributed by atoms with Crippen molar-refractivity contribution in [3.05, 3.63) is 76.7 Å². The summed E-state index contributed by atoms with van der Waals surface area (Å²) >= 11 is 1.57. The van der Waals surface area contributed by atoms with Crippen LogP contribution < -0.4 is 20.7 Å². The van der Waals surface area contributed by atoms with Gasteiger partial charge in [-0.15, -0.1) is 11.8 Å². The second-order valence-electron chi connectivity index (χ2n) is 8.06. The summed E-state index contributed by atoms with van der Waals surface area (Å²) in [7, 11) is 3.66. The summed E-state index contributed by atoms with van der Waals surface area (Å²) in [6, 6.07) is 17.8. The third kappa shape index (κ3) is 5.32. The molecule has 0 aromatic heterocycles. The fraction of sp³-hybridized carbons (Fsp3) is 0.333. The van der Waals surface area contributed by atoms with Crippen molar-refractivity contribution in [2.24, 2.45) is 5.92 Å². The molecule has 4 rings (SSSR count). The van der Waals surface area contributed by atoms with Crippen LogP contribution in [0.5, 0.6) is 5.75 Å². The van der Waals surface area contributed by atoms with Crippen LogP contribution in [0.4, 0.5) is 0 Å². The van der Waals surface area contributed by atoms with E-state index < -0.39 is 6.17 Å². The molecule has 168 valence electrons. The van der Waals surface area contributed by atoms with E-state index in [4.69, 9.17) is 4.74 Å². The Balaban J connectivity index is 1.30. The maximum atomic E-state index is 12.9. The number of likely N-dealkylation sites (N-methyl/N-ethyl adjacent to an activating group) is 1. The Morgan fingerprint density at radius 1 is 1.12 bits per heavy atom. The molecule has 2 aliphatic heterocycles. The first-order chi connectivity index (χ1) is 15.5. The predicted octanol–water partition coefficient (Wildman–Crippen LogP) is 2.06. The summed E-state index contributed by atoms with van der Waals surface area (Å²) < 4.78 is 5.22. The number of thioether (sulfide) groups is 1. The van der Waals surface area contributed by atoms with Gasteiger partial charge in [-0.25, -0.2) is 0 Å². The molecule has 3 atom stereocenters. The van der Waals surface area contributed by atoms with Gasteiger partial charge in [-0.3, -0.25) is 19.8 Å². The van der Waals surface area contributed by atoms with Crippen molar-refractivity contribution in [3.63, 3.8) is 0 Å². The Morgan fingerprint density at radius 2 is 1.91 bits per heavy atom. The lowest BCUT2D eigenvalue weighted by atomic mass is 9.96. The average Bonchev–Trinajstić information content (AvgIpc) is 3.21. The summed E-state index contributed by atoms with van der Waals surface area (Å²) in [5, 5.41) is 10.9. The summed E-state index contributed by atoms with van der Waals surface area (Å²) in [5.41, 5.74) is 3.23. The zero-order chi connectivity index (χ0) is 22.5. The number of rotatable bonds is 8. The highest BCUT2D eigenvalue weighted by atomic mass is 32.2. The number of benzene rings is 2. The van der Waals surface area contributed by atoms with E-state index in [1.54, 1.807) is 18.9 Å². The minimum atomic E-state index is -0.753. The second-order valence-corrected chi connectivity index (χ2v) is 9.08. The molecule has 2 aromatic carbocycles. The number of fused-ring (bicyclic) bond motifs is 1. The zero-order valence-corrected chi connectivity index (χ0v) is 19.0. The largest absolute Gasteiger partial charge is 0.497 e. The maximum Gasteiger partial charge on any atom is 0.257 e. The van der Waals surface area contributed by atoms with Gasteiger partial charge >= 0.3 is 0 Å². The average molecular weight is 453 g/mol. The minimum absolute atomic E-state index is 0.111.